The number of carbonyl (C=O) groups excluding carboxylic acids is 3. The van der Waals surface area contributed by atoms with Crippen molar-refractivity contribution in [3.05, 3.63) is 57.5 Å². The number of hydrogen-bond acceptors (Lipinski definition) is 9. The minimum Gasteiger partial charge on any atom is -0.452 e. The molecule has 2 heterocycles. The summed E-state index contributed by atoms with van der Waals surface area (Å²) < 4.78 is 10.3. The topological polar surface area (TPSA) is 137 Å². The first kappa shape index (κ1) is 23.0. The van der Waals surface area contributed by atoms with E-state index in [1.54, 1.807) is 31.2 Å². The minimum absolute atomic E-state index is 0.330. The normalized spacial score (nSPS) is 12.8. The van der Waals surface area contributed by atoms with E-state index in [1.165, 1.54) is 23.1 Å². The molecule has 1 aliphatic carbocycles. The summed E-state index contributed by atoms with van der Waals surface area (Å²) in [5, 5.41) is 6.85. The van der Waals surface area contributed by atoms with Gasteiger partial charge in [0, 0.05) is 9.77 Å². The number of benzene rings is 1. The van der Waals surface area contributed by atoms with Crippen LogP contribution in [0.2, 0.25) is 0 Å². The highest BCUT2D eigenvalue weighted by molar-refractivity contribution is 7.98. The van der Waals surface area contributed by atoms with Gasteiger partial charge in [0.2, 0.25) is 5.89 Å². The maximum Gasteiger partial charge on any atom is 0.339 e. The van der Waals surface area contributed by atoms with Gasteiger partial charge < -0.3 is 20.3 Å². The fourth-order valence-corrected chi connectivity index (χ4v) is 5.77. The Labute approximate surface area is 198 Å². The molecule has 0 unspecified atom stereocenters. The number of rotatable bonds is 8. The minimum atomic E-state index is -0.629. The predicted molar refractivity (Wildman–Crippen MR) is 123 cm³/mol. The van der Waals surface area contributed by atoms with Crippen LogP contribution in [0.3, 0.4) is 0 Å². The van der Waals surface area contributed by atoms with Crippen molar-refractivity contribution in [1.82, 2.24) is 10.1 Å². The van der Waals surface area contributed by atoms with Crippen molar-refractivity contribution in [2.24, 2.45) is 5.73 Å². The van der Waals surface area contributed by atoms with Crippen LogP contribution in [0.5, 0.6) is 0 Å². The molecule has 0 saturated heterocycles. The molecular formula is C22H22N4O5S2. The fraction of sp³-hybridized carbons (Fsp3) is 0.318. The Morgan fingerprint density at radius 3 is 2.79 bits per heavy atom. The van der Waals surface area contributed by atoms with Gasteiger partial charge in [-0.15, -0.1) is 23.1 Å². The largest absolute Gasteiger partial charge is 0.452 e. The Kier molecular flexibility index (Phi) is 7.09. The number of nitrogens with two attached hydrogens (primary N) is 1. The van der Waals surface area contributed by atoms with Crippen LogP contribution in [0, 0.1) is 6.92 Å². The van der Waals surface area contributed by atoms with E-state index >= 15 is 0 Å². The number of amides is 2. The molecule has 0 atom stereocenters. The number of carbonyl (C=O) groups is 3. The van der Waals surface area contributed by atoms with Crippen LogP contribution in [0.15, 0.2) is 33.7 Å². The summed E-state index contributed by atoms with van der Waals surface area (Å²) in [6.45, 7) is 1.24. The molecule has 9 nitrogen and oxygen atoms in total. The lowest BCUT2D eigenvalue weighted by Gasteiger charge is -2.11. The van der Waals surface area contributed by atoms with E-state index in [4.69, 9.17) is 15.0 Å². The predicted octanol–water partition coefficient (Wildman–Crippen LogP) is 3.51. The highest BCUT2D eigenvalue weighted by Gasteiger charge is 2.25. The molecule has 1 aliphatic rings. The van der Waals surface area contributed by atoms with Gasteiger partial charge in [-0.1, -0.05) is 17.3 Å². The van der Waals surface area contributed by atoms with Crippen LogP contribution in [-0.4, -0.2) is 34.5 Å². The molecule has 2 amide bonds. The molecule has 0 radical (unpaired) electrons. The standard InChI is InChI=1S/C22H22N4O5S2/c1-12-24-18(31-26-12)11-32-15-8-4-3-7-14(15)22(29)30-10-17(27)25-21-19(20(23)28)13-6-2-5-9-16(13)33-21/h3-4,7-8H,2,5-6,9-11H2,1H3,(H2,23,28)(H,25,27). The number of nitrogens with zero attached hydrogens (tertiary/aromatic N) is 2. The molecule has 4 rings (SSSR count). The zero-order chi connectivity index (χ0) is 23.4. The number of esters is 1. The Morgan fingerprint density at radius 1 is 1.24 bits per heavy atom. The Bertz CT molecular complexity index is 1200. The van der Waals surface area contributed by atoms with Gasteiger partial charge in [-0.2, -0.15) is 4.98 Å². The maximum absolute atomic E-state index is 12.6. The van der Waals surface area contributed by atoms with Gasteiger partial charge in [0.05, 0.1) is 16.9 Å². The van der Waals surface area contributed by atoms with Gasteiger partial charge in [0.1, 0.15) is 5.00 Å². The van der Waals surface area contributed by atoms with Gasteiger partial charge in [0.25, 0.3) is 11.8 Å². The third-order valence-corrected chi connectivity index (χ3v) is 7.30. The molecule has 0 saturated carbocycles. The Hall–Kier alpha value is -3.18. The Balaban J connectivity index is 1.38. The molecular weight excluding hydrogens is 464 g/mol. The number of anilines is 1. The Morgan fingerprint density at radius 2 is 2.03 bits per heavy atom. The van der Waals surface area contributed by atoms with Crippen LogP contribution in [-0.2, 0) is 28.1 Å². The molecule has 1 aromatic carbocycles. The number of aromatic nitrogens is 2. The second-order valence-electron chi connectivity index (χ2n) is 7.42. The smallest absolute Gasteiger partial charge is 0.339 e. The average Bonchev–Trinajstić information content (AvgIpc) is 3.38. The molecule has 0 spiro atoms. The molecule has 11 heteroatoms. The second-order valence-corrected chi connectivity index (χ2v) is 9.55. The van der Waals surface area contributed by atoms with E-state index in [-0.39, 0.29) is 0 Å². The summed E-state index contributed by atoms with van der Waals surface area (Å²) in [7, 11) is 0. The third-order valence-electron chi connectivity index (χ3n) is 5.03. The van der Waals surface area contributed by atoms with E-state index in [1.807, 2.05) is 0 Å². The van der Waals surface area contributed by atoms with Gasteiger partial charge in [-0.05, 0) is 50.3 Å². The van der Waals surface area contributed by atoms with Crippen molar-refractivity contribution in [2.75, 3.05) is 11.9 Å². The van der Waals surface area contributed by atoms with Crippen molar-refractivity contribution >= 4 is 45.9 Å². The highest BCUT2D eigenvalue weighted by atomic mass is 32.2. The first-order valence-electron chi connectivity index (χ1n) is 10.3. The van der Waals surface area contributed by atoms with Crippen LogP contribution < -0.4 is 11.1 Å². The third kappa shape index (κ3) is 5.42. The van der Waals surface area contributed by atoms with E-state index in [9.17, 15) is 14.4 Å². The van der Waals surface area contributed by atoms with E-state index in [0.717, 1.165) is 36.1 Å². The van der Waals surface area contributed by atoms with Crippen LogP contribution in [0.4, 0.5) is 5.00 Å². The van der Waals surface area contributed by atoms with Crippen molar-refractivity contribution in [3.63, 3.8) is 0 Å². The summed E-state index contributed by atoms with van der Waals surface area (Å²) in [5.74, 6) is -0.347. The highest BCUT2D eigenvalue weighted by Crippen LogP contribution is 2.37. The fourth-order valence-electron chi connectivity index (χ4n) is 3.59. The number of fused-ring (bicyclic) bond motifs is 1. The van der Waals surface area contributed by atoms with Crippen molar-refractivity contribution < 1.29 is 23.6 Å². The molecule has 0 fully saturated rings. The molecule has 3 aromatic rings. The monoisotopic (exact) mass is 486 g/mol. The van der Waals surface area contributed by atoms with Crippen molar-refractivity contribution in [1.29, 1.82) is 0 Å². The quantitative estimate of drug-likeness (QED) is 0.364. The molecule has 3 N–H and O–H groups in total. The summed E-state index contributed by atoms with van der Waals surface area (Å²) in [5.41, 5.74) is 7.18. The number of hydrogen-bond donors (Lipinski definition) is 2. The number of nitrogens with one attached hydrogen (secondary N) is 1. The van der Waals surface area contributed by atoms with Gasteiger partial charge in [0.15, 0.2) is 12.4 Å². The number of thioether (sulfide) groups is 1. The first-order chi connectivity index (χ1) is 15.9. The number of ether oxygens (including phenoxy) is 1. The van der Waals surface area contributed by atoms with Crippen LogP contribution >= 0.6 is 23.1 Å². The summed E-state index contributed by atoms with van der Waals surface area (Å²) in [4.78, 5) is 43.0. The SMILES string of the molecule is Cc1noc(CSc2ccccc2C(=O)OCC(=O)Nc2sc3c(c2C(N)=O)CCCC3)n1. The molecule has 0 bridgehead atoms. The van der Waals surface area contributed by atoms with Crippen molar-refractivity contribution in [3.8, 4) is 0 Å². The van der Waals surface area contributed by atoms with Gasteiger partial charge >= 0.3 is 5.97 Å². The maximum atomic E-state index is 12.6. The number of aryl methyl sites for hydroxylation is 2. The van der Waals surface area contributed by atoms with E-state index in [2.05, 4.69) is 15.5 Å². The zero-order valence-electron chi connectivity index (χ0n) is 17.9. The molecule has 33 heavy (non-hydrogen) atoms. The first-order valence-corrected chi connectivity index (χ1v) is 12.1. The van der Waals surface area contributed by atoms with Crippen molar-refractivity contribution in [2.45, 2.75) is 43.3 Å². The number of thiophene rings is 1. The second kappa shape index (κ2) is 10.2. The van der Waals surface area contributed by atoms with Crippen LogP contribution in [0.1, 0.15) is 55.7 Å². The lowest BCUT2D eigenvalue weighted by molar-refractivity contribution is -0.119. The lowest BCUT2D eigenvalue weighted by atomic mass is 9.95. The van der Waals surface area contributed by atoms with E-state index in [0.29, 0.717) is 38.5 Å². The van der Waals surface area contributed by atoms with E-state index < -0.39 is 24.4 Å². The molecule has 172 valence electrons. The molecule has 0 aliphatic heterocycles. The van der Waals surface area contributed by atoms with Gasteiger partial charge in [-0.25, -0.2) is 4.79 Å². The lowest BCUT2D eigenvalue weighted by Crippen LogP contribution is -2.23. The summed E-state index contributed by atoms with van der Waals surface area (Å²) >= 11 is 2.71. The summed E-state index contributed by atoms with van der Waals surface area (Å²) in [6.07, 6.45) is 3.66. The average molecular weight is 487 g/mol. The van der Waals surface area contributed by atoms with Gasteiger partial charge in [-0.3, -0.25) is 9.59 Å². The van der Waals surface area contributed by atoms with Crippen LogP contribution in [0.25, 0.3) is 0 Å². The molecule has 2 aromatic heterocycles. The zero-order valence-corrected chi connectivity index (χ0v) is 19.5. The summed E-state index contributed by atoms with van der Waals surface area (Å²) in [6, 6.07) is 6.92. The number of primary amides is 1.